The molecule has 0 radical (unpaired) electrons. The summed E-state index contributed by atoms with van der Waals surface area (Å²) in [6.07, 6.45) is 7.65. The van der Waals surface area contributed by atoms with E-state index in [-0.39, 0.29) is 10.6 Å². The predicted molar refractivity (Wildman–Crippen MR) is 80.8 cm³/mol. The number of hydrogen-bond donors (Lipinski definition) is 1. The fourth-order valence-corrected chi connectivity index (χ4v) is 3.52. The summed E-state index contributed by atoms with van der Waals surface area (Å²) in [5.74, 6) is -0.435. The average molecular weight is 308 g/mol. The molecule has 1 aliphatic carbocycles. The Balaban J connectivity index is 2.01. The van der Waals surface area contributed by atoms with Crippen LogP contribution in [0.4, 0.5) is 0 Å². The molecule has 2 aromatic heterocycles. The standard InChI is InChI=1S/C15H18ClN3O2/c1-9-12-13(16)11(15(20)21)7-17-14(12)19(18-9)8-10-5-3-2-4-6-10/h7,10H,2-6,8H2,1H3,(H,20,21). The number of halogens is 1. The molecule has 0 amide bonds. The highest BCUT2D eigenvalue weighted by Crippen LogP contribution is 2.30. The van der Waals surface area contributed by atoms with Gasteiger partial charge in [0.1, 0.15) is 0 Å². The lowest BCUT2D eigenvalue weighted by Gasteiger charge is -2.21. The maximum absolute atomic E-state index is 11.1. The molecule has 1 saturated carbocycles. The molecule has 0 aliphatic heterocycles. The van der Waals surface area contributed by atoms with Crippen molar-refractivity contribution in [3.05, 3.63) is 22.5 Å². The van der Waals surface area contributed by atoms with E-state index in [9.17, 15) is 4.79 Å². The number of pyridine rings is 1. The van der Waals surface area contributed by atoms with E-state index in [1.807, 2.05) is 11.6 Å². The molecular formula is C15H18ClN3O2. The number of aromatic nitrogens is 3. The Morgan fingerprint density at radius 3 is 2.81 bits per heavy atom. The summed E-state index contributed by atoms with van der Waals surface area (Å²) in [6, 6.07) is 0. The highest BCUT2D eigenvalue weighted by atomic mass is 35.5. The van der Waals surface area contributed by atoms with E-state index in [0.717, 1.165) is 12.2 Å². The first-order valence-corrected chi connectivity index (χ1v) is 7.70. The molecule has 0 aromatic carbocycles. The van der Waals surface area contributed by atoms with E-state index in [2.05, 4.69) is 10.1 Å². The van der Waals surface area contributed by atoms with E-state index in [1.54, 1.807) is 0 Å². The van der Waals surface area contributed by atoms with Crippen molar-refractivity contribution in [2.75, 3.05) is 0 Å². The minimum Gasteiger partial charge on any atom is -0.478 e. The molecule has 6 heteroatoms. The van der Waals surface area contributed by atoms with Crippen LogP contribution in [0.2, 0.25) is 5.02 Å². The number of fused-ring (bicyclic) bond motifs is 1. The zero-order valence-corrected chi connectivity index (χ0v) is 12.7. The monoisotopic (exact) mass is 307 g/mol. The molecule has 0 atom stereocenters. The van der Waals surface area contributed by atoms with Crippen LogP contribution >= 0.6 is 11.6 Å². The molecule has 1 N–H and O–H groups in total. The van der Waals surface area contributed by atoms with Crippen LogP contribution in [0.25, 0.3) is 11.0 Å². The summed E-state index contributed by atoms with van der Waals surface area (Å²) in [6.45, 7) is 2.68. The largest absolute Gasteiger partial charge is 0.478 e. The third kappa shape index (κ3) is 2.62. The lowest BCUT2D eigenvalue weighted by molar-refractivity contribution is 0.0697. The highest BCUT2D eigenvalue weighted by Gasteiger charge is 2.21. The summed E-state index contributed by atoms with van der Waals surface area (Å²) in [4.78, 5) is 15.4. The van der Waals surface area contributed by atoms with Crippen molar-refractivity contribution in [2.45, 2.75) is 45.6 Å². The molecule has 0 bridgehead atoms. The third-order valence-corrected chi connectivity index (χ3v) is 4.65. The van der Waals surface area contributed by atoms with Gasteiger partial charge in [0, 0.05) is 12.7 Å². The van der Waals surface area contributed by atoms with Crippen molar-refractivity contribution in [1.29, 1.82) is 0 Å². The minimum atomic E-state index is -1.06. The van der Waals surface area contributed by atoms with Crippen molar-refractivity contribution in [3.8, 4) is 0 Å². The van der Waals surface area contributed by atoms with Gasteiger partial charge < -0.3 is 5.11 Å². The van der Waals surface area contributed by atoms with Crippen LogP contribution in [0.1, 0.15) is 48.2 Å². The maximum atomic E-state index is 11.1. The molecule has 0 unspecified atom stereocenters. The Morgan fingerprint density at radius 1 is 1.43 bits per heavy atom. The Labute approximate surface area is 127 Å². The second-order valence-corrected chi connectivity index (χ2v) is 6.14. The van der Waals surface area contributed by atoms with Gasteiger partial charge in [-0.05, 0) is 25.7 Å². The van der Waals surface area contributed by atoms with E-state index in [1.165, 1.54) is 38.3 Å². The average Bonchev–Trinajstić information content (AvgIpc) is 2.77. The zero-order chi connectivity index (χ0) is 15.0. The van der Waals surface area contributed by atoms with Gasteiger partial charge in [-0.1, -0.05) is 30.9 Å². The molecule has 21 heavy (non-hydrogen) atoms. The van der Waals surface area contributed by atoms with Gasteiger partial charge in [0.2, 0.25) is 0 Å². The fourth-order valence-electron chi connectivity index (χ4n) is 3.17. The van der Waals surface area contributed by atoms with Crippen molar-refractivity contribution in [1.82, 2.24) is 14.8 Å². The Bertz CT molecular complexity index is 690. The number of aryl methyl sites for hydroxylation is 1. The second kappa shape index (κ2) is 5.64. The molecule has 0 spiro atoms. The van der Waals surface area contributed by atoms with Gasteiger partial charge in [0.05, 0.1) is 21.7 Å². The SMILES string of the molecule is Cc1nn(CC2CCCCC2)c2ncc(C(=O)O)c(Cl)c12. The first kappa shape index (κ1) is 14.3. The number of carboxylic acid groups (broad SMARTS) is 1. The summed E-state index contributed by atoms with van der Waals surface area (Å²) in [5.41, 5.74) is 1.46. The number of aromatic carboxylic acids is 1. The van der Waals surface area contributed by atoms with Crippen LogP contribution in [-0.2, 0) is 6.54 Å². The molecule has 112 valence electrons. The summed E-state index contributed by atoms with van der Waals surface area (Å²) in [7, 11) is 0. The maximum Gasteiger partial charge on any atom is 0.338 e. The summed E-state index contributed by atoms with van der Waals surface area (Å²) in [5, 5.41) is 14.5. The van der Waals surface area contributed by atoms with Crippen molar-refractivity contribution in [2.24, 2.45) is 5.92 Å². The van der Waals surface area contributed by atoms with Gasteiger partial charge in [0.15, 0.2) is 5.65 Å². The van der Waals surface area contributed by atoms with E-state index < -0.39 is 5.97 Å². The third-order valence-electron chi connectivity index (χ3n) is 4.26. The molecule has 1 aliphatic rings. The van der Waals surface area contributed by atoms with Gasteiger partial charge in [-0.25, -0.2) is 14.5 Å². The van der Waals surface area contributed by atoms with Gasteiger partial charge in [-0.15, -0.1) is 0 Å². The molecule has 5 nitrogen and oxygen atoms in total. The highest BCUT2D eigenvalue weighted by molar-refractivity contribution is 6.38. The lowest BCUT2D eigenvalue weighted by atomic mass is 9.89. The van der Waals surface area contributed by atoms with Crippen molar-refractivity contribution < 1.29 is 9.90 Å². The van der Waals surface area contributed by atoms with Gasteiger partial charge in [0.25, 0.3) is 0 Å². The van der Waals surface area contributed by atoms with Crippen LogP contribution < -0.4 is 0 Å². The molecular weight excluding hydrogens is 290 g/mol. The van der Waals surface area contributed by atoms with Crippen LogP contribution in [0.3, 0.4) is 0 Å². The molecule has 2 heterocycles. The van der Waals surface area contributed by atoms with Gasteiger partial charge in [-0.2, -0.15) is 5.10 Å². The number of carboxylic acids is 1. The van der Waals surface area contributed by atoms with Gasteiger partial charge >= 0.3 is 5.97 Å². The Hall–Kier alpha value is -1.62. The van der Waals surface area contributed by atoms with E-state index >= 15 is 0 Å². The Morgan fingerprint density at radius 2 is 2.14 bits per heavy atom. The summed E-state index contributed by atoms with van der Waals surface area (Å²) < 4.78 is 1.89. The molecule has 2 aromatic rings. The first-order valence-electron chi connectivity index (χ1n) is 7.33. The van der Waals surface area contributed by atoms with Crippen LogP contribution in [0.5, 0.6) is 0 Å². The number of nitrogens with zero attached hydrogens (tertiary/aromatic N) is 3. The zero-order valence-electron chi connectivity index (χ0n) is 12.0. The van der Waals surface area contributed by atoms with E-state index in [0.29, 0.717) is 17.0 Å². The predicted octanol–water partition coefficient (Wildman–Crippen LogP) is 3.67. The number of rotatable bonds is 3. The minimum absolute atomic E-state index is 0.0319. The van der Waals surface area contributed by atoms with Crippen molar-refractivity contribution in [3.63, 3.8) is 0 Å². The van der Waals surface area contributed by atoms with E-state index in [4.69, 9.17) is 16.7 Å². The van der Waals surface area contributed by atoms with Crippen LogP contribution in [-0.4, -0.2) is 25.8 Å². The normalized spacial score (nSPS) is 16.5. The molecule has 1 fully saturated rings. The smallest absolute Gasteiger partial charge is 0.338 e. The number of carbonyl (C=O) groups is 1. The fraction of sp³-hybridized carbons (Fsp3) is 0.533. The van der Waals surface area contributed by atoms with Crippen LogP contribution in [0, 0.1) is 12.8 Å². The Kier molecular flexibility index (Phi) is 3.85. The van der Waals surface area contributed by atoms with Crippen molar-refractivity contribution >= 4 is 28.6 Å². The lowest BCUT2D eigenvalue weighted by Crippen LogP contribution is -2.15. The summed E-state index contributed by atoms with van der Waals surface area (Å²) >= 11 is 6.22. The second-order valence-electron chi connectivity index (χ2n) is 5.76. The molecule has 0 saturated heterocycles. The first-order chi connectivity index (χ1) is 10.1. The quantitative estimate of drug-likeness (QED) is 0.939. The number of hydrogen-bond acceptors (Lipinski definition) is 3. The van der Waals surface area contributed by atoms with Gasteiger partial charge in [-0.3, -0.25) is 0 Å². The topological polar surface area (TPSA) is 68.0 Å². The van der Waals surface area contributed by atoms with Crippen LogP contribution in [0.15, 0.2) is 6.20 Å². The molecule has 3 rings (SSSR count).